The quantitative estimate of drug-likeness (QED) is 0.0222. The van der Waals surface area contributed by atoms with Crippen molar-refractivity contribution < 1.29 is 80.2 Å². The fourth-order valence-corrected chi connectivity index (χ4v) is 11.2. The highest BCUT2D eigenvalue weighted by Crippen LogP contribution is 2.45. The molecular formula is C65H126O17P2. The number of phosphoric acid groups is 2. The first-order valence-electron chi connectivity index (χ1n) is 33.8. The van der Waals surface area contributed by atoms with E-state index < -0.39 is 97.5 Å². The zero-order chi connectivity index (χ0) is 62.4. The van der Waals surface area contributed by atoms with Crippen LogP contribution in [0.25, 0.3) is 0 Å². The predicted octanol–water partition coefficient (Wildman–Crippen LogP) is 17.9. The van der Waals surface area contributed by atoms with E-state index in [2.05, 4.69) is 48.5 Å². The summed E-state index contributed by atoms with van der Waals surface area (Å²) < 4.78 is 68.0. The Morgan fingerprint density at radius 1 is 0.321 bits per heavy atom. The lowest BCUT2D eigenvalue weighted by Crippen LogP contribution is -2.30. The van der Waals surface area contributed by atoms with Gasteiger partial charge in [-0.25, -0.2) is 9.13 Å². The molecule has 0 aromatic carbocycles. The van der Waals surface area contributed by atoms with E-state index in [1.54, 1.807) is 0 Å². The van der Waals surface area contributed by atoms with Gasteiger partial charge < -0.3 is 33.8 Å². The van der Waals surface area contributed by atoms with Crippen LogP contribution in [0.2, 0.25) is 0 Å². The molecule has 17 nitrogen and oxygen atoms in total. The number of hydrogen-bond donors (Lipinski definition) is 3. The summed E-state index contributed by atoms with van der Waals surface area (Å²) in [6, 6.07) is 0. The summed E-state index contributed by atoms with van der Waals surface area (Å²) in [5.41, 5.74) is 0. The second-order valence-electron chi connectivity index (χ2n) is 24.9. The van der Waals surface area contributed by atoms with E-state index in [-0.39, 0.29) is 25.7 Å². The van der Waals surface area contributed by atoms with Crippen LogP contribution in [0, 0.1) is 17.8 Å². The zero-order valence-corrected chi connectivity index (χ0v) is 56.1. The molecular weight excluding hydrogens is 1110 g/mol. The Balaban J connectivity index is 5.23. The average Bonchev–Trinajstić information content (AvgIpc) is 3.58. The van der Waals surface area contributed by atoms with Crippen molar-refractivity contribution >= 4 is 39.5 Å². The van der Waals surface area contributed by atoms with Crippen molar-refractivity contribution in [2.24, 2.45) is 17.8 Å². The summed E-state index contributed by atoms with van der Waals surface area (Å²) in [7, 11) is -9.89. The van der Waals surface area contributed by atoms with Gasteiger partial charge in [-0.2, -0.15) is 0 Å². The Kier molecular flexibility index (Phi) is 55.0. The maximum atomic E-state index is 13.0. The second-order valence-corrected chi connectivity index (χ2v) is 27.8. The molecule has 0 fully saturated rings. The van der Waals surface area contributed by atoms with Gasteiger partial charge in [0.2, 0.25) is 0 Å². The highest BCUT2D eigenvalue weighted by molar-refractivity contribution is 7.47. The van der Waals surface area contributed by atoms with Crippen molar-refractivity contribution in [3.63, 3.8) is 0 Å². The molecule has 0 rings (SSSR count). The molecule has 19 heteroatoms. The largest absolute Gasteiger partial charge is 0.472 e. The minimum Gasteiger partial charge on any atom is -0.462 e. The molecule has 5 atom stereocenters. The van der Waals surface area contributed by atoms with Crippen molar-refractivity contribution in [1.29, 1.82) is 0 Å². The van der Waals surface area contributed by atoms with Crippen molar-refractivity contribution in [1.82, 2.24) is 0 Å². The molecule has 2 unspecified atom stereocenters. The van der Waals surface area contributed by atoms with E-state index >= 15 is 0 Å². The fraction of sp³-hybridized carbons (Fsp3) is 0.938. The first-order chi connectivity index (χ1) is 40.2. The molecule has 0 aliphatic rings. The number of hydrogen-bond acceptors (Lipinski definition) is 15. The molecule has 0 saturated carbocycles. The zero-order valence-electron chi connectivity index (χ0n) is 54.4. The van der Waals surface area contributed by atoms with Gasteiger partial charge in [-0.05, 0) is 43.4 Å². The highest BCUT2D eigenvalue weighted by atomic mass is 31.2. The van der Waals surface area contributed by atoms with Gasteiger partial charge in [-0.1, -0.05) is 267 Å². The summed E-state index contributed by atoms with van der Waals surface area (Å²) in [5, 5.41) is 10.5. The van der Waals surface area contributed by atoms with Gasteiger partial charge in [0, 0.05) is 25.7 Å². The van der Waals surface area contributed by atoms with Crippen LogP contribution in [0.4, 0.5) is 0 Å². The standard InChI is InChI=1S/C65H126O17P2/c1-8-9-10-11-12-13-16-20-23-32-39-46-62(67)75-52-60(81-64(69)48-41-34-24-21-18-15-14-17-19-22-29-36-43-56(2)3)54-79-83(71,72)77-50-59(66)51-78-84(73,74)80-55-61(82-65(70)49-42-35-28-26-31-38-45-58(6)7)53-76-63(68)47-40-33-27-25-30-37-44-57(4)5/h56-61,66H,8-55H2,1-7H3,(H,71,72)(H,73,74)/t59-,60-,61-/m1/s1. The third-order valence-electron chi connectivity index (χ3n) is 14.9. The summed E-state index contributed by atoms with van der Waals surface area (Å²) >= 11 is 0. The van der Waals surface area contributed by atoms with Crippen LogP contribution in [0.3, 0.4) is 0 Å². The smallest absolute Gasteiger partial charge is 0.462 e. The maximum Gasteiger partial charge on any atom is 0.472 e. The molecule has 0 aromatic heterocycles. The molecule has 0 heterocycles. The molecule has 0 radical (unpaired) electrons. The van der Waals surface area contributed by atoms with Gasteiger partial charge in [0.15, 0.2) is 12.2 Å². The SMILES string of the molecule is CCCCCCCCCCCCCC(=O)OC[C@H](COP(=O)(O)OC[C@@H](O)COP(=O)(O)OC[C@@H](COC(=O)CCCCCCCCC(C)C)OC(=O)CCCCCCCCC(C)C)OC(=O)CCCCCCCCCCCCCCC(C)C. The van der Waals surface area contributed by atoms with Crippen LogP contribution in [-0.4, -0.2) is 96.7 Å². The lowest BCUT2D eigenvalue weighted by atomic mass is 10.0. The number of rotatable bonds is 63. The highest BCUT2D eigenvalue weighted by Gasteiger charge is 2.30. The molecule has 0 aromatic rings. The Morgan fingerprint density at radius 2 is 0.548 bits per heavy atom. The Morgan fingerprint density at radius 3 is 0.810 bits per heavy atom. The van der Waals surface area contributed by atoms with Crippen molar-refractivity contribution in [2.75, 3.05) is 39.6 Å². The first kappa shape index (κ1) is 82.1. The number of carbonyl (C=O) groups is 4. The van der Waals surface area contributed by atoms with Crippen molar-refractivity contribution in [3.05, 3.63) is 0 Å². The molecule has 0 aliphatic carbocycles. The van der Waals surface area contributed by atoms with Crippen molar-refractivity contribution in [2.45, 2.75) is 336 Å². The third-order valence-corrected chi connectivity index (χ3v) is 16.8. The average molecular weight is 1240 g/mol. The van der Waals surface area contributed by atoms with E-state index in [1.165, 1.54) is 122 Å². The van der Waals surface area contributed by atoms with E-state index in [4.69, 9.17) is 37.0 Å². The first-order valence-corrected chi connectivity index (χ1v) is 36.8. The van der Waals surface area contributed by atoms with Crippen molar-refractivity contribution in [3.8, 4) is 0 Å². The Labute approximate surface area is 511 Å². The van der Waals surface area contributed by atoms with Gasteiger partial charge in [0.25, 0.3) is 0 Å². The van der Waals surface area contributed by atoms with Gasteiger partial charge in [0.1, 0.15) is 19.3 Å². The van der Waals surface area contributed by atoms with Crippen LogP contribution in [-0.2, 0) is 65.4 Å². The summed E-state index contributed by atoms with van der Waals surface area (Å²) in [4.78, 5) is 72.2. The lowest BCUT2D eigenvalue weighted by Gasteiger charge is -2.21. The number of aliphatic hydroxyl groups excluding tert-OH is 1. The van der Waals surface area contributed by atoms with E-state index in [9.17, 15) is 43.2 Å². The fourth-order valence-electron chi connectivity index (χ4n) is 9.66. The van der Waals surface area contributed by atoms with E-state index in [1.807, 2.05) is 0 Å². The van der Waals surface area contributed by atoms with Gasteiger partial charge >= 0.3 is 39.5 Å². The van der Waals surface area contributed by atoms with Gasteiger partial charge in [-0.3, -0.25) is 37.3 Å². The second kappa shape index (κ2) is 56.3. The molecule has 84 heavy (non-hydrogen) atoms. The van der Waals surface area contributed by atoms with Crippen LogP contribution in [0.5, 0.6) is 0 Å². The molecule has 0 saturated heterocycles. The Bertz CT molecular complexity index is 1660. The predicted molar refractivity (Wildman–Crippen MR) is 335 cm³/mol. The molecule has 0 bridgehead atoms. The lowest BCUT2D eigenvalue weighted by molar-refractivity contribution is -0.161. The summed E-state index contributed by atoms with van der Waals surface area (Å²) in [6.07, 6.45) is 37.8. The molecule has 0 spiro atoms. The summed E-state index contributed by atoms with van der Waals surface area (Å²) in [6.45, 7) is 11.6. The van der Waals surface area contributed by atoms with Gasteiger partial charge in [-0.15, -0.1) is 0 Å². The number of unbranched alkanes of at least 4 members (excludes halogenated alkanes) is 31. The minimum absolute atomic E-state index is 0.101. The number of ether oxygens (including phenoxy) is 4. The van der Waals surface area contributed by atoms with Crippen LogP contribution in [0.1, 0.15) is 318 Å². The summed E-state index contributed by atoms with van der Waals surface area (Å²) in [5.74, 6) is -0.0135. The van der Waals surface area contributed by atoms with Gasteiger partial charge in [0.05, 0.1) is 26.4 Å². The Hall–Kier alpha value is -1.94. The number of aliphatic hydroxyl groups is 1. The molecule has 3 N–H and O–H groups in total. The number of carbonyl (C=O) groups excluding carboxylic acids is 4. The topological polar surface area (TPSA) is 237 Å². The van der Waals surface area contributed by atoms with Crippen LogP contribution in [0.15, 0.2) is 0 Å². The molecule has 0 aliphatic heterocycles. The monoisotopic (exact) mass is 1240 g/mol. The molecule has 498 valence electrons. The van der Waals surface area contributed by atoms with E-state index in [0.717, 1.165) is 102 Å². The minimum atomic E-state index is -4.95. The maximum absolute atomic E-state index is 13.0. The van der Waals surface area contributed by atoms with E-state index in [0.29, 0.717) is 37.5 Å². The normalized spacial score (nSPS) is 14.3. The third kappa shape index (κ3) is 59.0. The van der Waals surface area contributed by atoms with Crippen LogP contribution < -0.4 is 0 Å². The van der Waals surface area contributed by atoms with Crippen LogP contribution >= 0.6 is 15.6 Å². The number of phosphoric ester groups is 2. The molecule has 0 amide bonds. The number of esters is 4.